The molecule has 0 atom stereocenters. The number of nitrogens with one attached hydrogen (secondary N) is 3. The van der Waals surface area contributed by atoms with Gasteiger partial charge < -0.3 is 21.7 Å². The van der Waals surface area contributed by atoms with Crippen molar-refractivity contribution in [1.29, 1.82) is 0 Å². The van der Waals surface area contributed by atoms with Crippen molar-refractivity contribution in [2.45, 2.75) is 20.0 Å². The van der Waals surface area contributed by atoms with Crippen LogP contribution in [0, 0.1) is 0 Å². The summed E-state index contributed by atoms with van der Waals surface area (Å²) in [7, 11) is 0. The third-order valence-corrected chi connectivity index (χ3v) is 3.33. The first-order valence-electron chi connectivity index (χ1n) is 7.72. The van der Waals surface area contributed by atoms with Crippen LogP contribution in [0.5, 0.6) is 0 Å². The number of rotatable bonds is 5. The van der Waals surface area contributed by atoms with Crippen LogP contribution in [0.2, 0.25) is 0 Å². The summed E-state index contributed by atoms with van der Waals surface area (Å²) in [5, 5.41) is 7.65. The van der Waals surface area contributed by atoms with E-state index in [0.717, 1.165) is 11.1 Å². The fraction of sp³-hybridized carbons (Fsp3) is 0.167. The number of carbonyl (C=O) groups is 3. The first-order chi connectivity index (χ1) is 12.0. The van der Waals surface area contributed by atoms with Gasteiger partial charge in [-0.1, -0.05) is 30.3 Å². The summed E-state index contributed by atoms with van der Waals surface area (Å²) in [6.45, 7) is 2.03. The van der Waals surface area contributed by atoms with E-state index in [2.05, 4.69) is 16.0 Å². The van der Waals surface area contributed by atoms with Crippen LogP contribution in [-0.4, -0.2) is 17.7 Å². The van der Waals surface area contributed by atoms with Gasteiger partial charge >= 0.3 is 11.8 Å². The normalized spacial score (nSPS) is 10.0. The summed E-state index contributed by atoms with van der Waals surface area (Å²) in [6, 6.07) is 14.0. The number of anilines is 2. The zero-order chi connectivity index (χ0) is 18.2. The average molecular weight is 340 g/mol. The predicted octanol–water partition coefficient (Wildman–Crippen LogP) is 1.36. The van der Waals surface area contributed by atoms with Crippen LogP contribution in [0.1, 0.15) is 18.1 Å². The first-order valence-corrected chi connectivity index (χ1v) is 7.72. The lowest BCUT2D eigenvalue weighted by atomic mass is 10.1. The van der Waals surface area contributed by atoms with Gasteiger partial charge in [-0.2, -0.15) is 0 Å². The van der Waals surface area contributed by atoms with Gasteiger partial charge in [0.15, 0.2) is 0 Å². The van der Waals surface area contributed by atoms with Crippen molar-refractivity contribution in [1.82, 2.24) is 5.32 Å². The summed E-state index contributed by atoms with van der Waals surface area (Å²) in [4.78, 5) is 34.9. The van der Waals surface area contributed by atoms with Crippen molar-refractivity contribution >= 4 is 29.1 Å². The predicted molar refractivity (Wildman–Crippen MR) is 95.6 cm³/mol. The van der Waals surface area contributed by atoms with Gasteiger partial charge in [0, 0.05) is 31.4 Å². The number of hydrogen-bond donors (Lipinski definition) is 4. The highest BCUT2D eigenvalue weighted by Gasteiger charge is 2.13. The summed E-state index contributed by atoms with van der Waals surface area (Å²) in [6.07, 6.45) is 0. The molecule has 0 aliphatic carbocycles. The van der Waals surface area contributed by atoms with Crippen LogP contribution >= 0.6 is 0 Å². The Kier molecular flexibility index (Phi) is 6.25. The molecule has 2 aromatic carbocycles. The van der Waals surface area contributed by atoms with E-state index in [0.29, 0.717) is 17.9 Å². The van der Waals surface area contributed by atoms with Crippen molar-refractivity contribution < 1.29 is 14.4 Å². The van der Waals surface area contributed by atoms with Crippen LogP contribution in [0.4, 0.5) is 11.4 Å². The Morgan fingerprint density at radius 3 is 2.20 bits per heavy atom. The Labute approximate surface area is 145 Å². The Morgan fingerprint density at radius 1 is 0.880 bits per heavy atom. The minimum absolute atomic E-state index is 0.221. The smallest absolute Gasteiger partial charge is 0.313 e. The third-order valence-electron chi connectivity index (χ3n) is 3.33. The molecule has 5 N–H and O–H groups in total. The van der Waals surface area contributed by atoms with Crippen LogP contribution in [0.25, 0.3) is 0 Å². The minimum Gasteiger partial charge on any atom is -0.344 e. The zero-order valence-electron chi connectivity index (χ0n) is 13.8. The van der Waals surface area contributed by atoms with Crippen LogP contribution in [0.3, 0.4) is 0 Å². The maximum Gasteiger partial charge on any atom is 0.313 e. The highest BCUT2D eigenvalue weighted by Crippen LogP contribution is 2.15. The van der Waals surface area contributed by atoms with Gasteiger partial charge in [0.1, 0.15) is 0 Å². The lowest BCUT2D eigenvalue weighted by molar-refractivity contribution is -0.136. The SMILES string of the molecule is CC(=O)Nc1cccc(NC(=O)C(=O)NCc2cccc(CN)c2)c1. The number of carbonyl (C=O) groups excluding carboxylic acids is 3. The van der Waals surface area contributed by atoms with E-state index >= 15 is 0 Å². The molecular formula is C18H20N4O3. The molecule has 0 aliphatic rings. The second-order valence-electron chi connectivity index (χ2n) is 5.42. The number of nitrogens with two attached hydrogens (primary N) is 1. The van der Waals surface area contributed by atoms with Crippen LogP contribution < -0.4 is 21.7 Å². The number of hydrogen-bond acceptors (Lipinski definition) is 4. The van der Waals surface area contributed by atoms with E-state index in [1.54, 1.807) is 24.3 Å². The summed E-state index contributed by atoms with van der Waals surface area (Å²) in [5.74, 6) is -1.75. The van der Waals surface area contributed by atoms with Crippen molar-refractivity contribution in [2.75, 3.05) is 10.6 Å². The van der Waals surface area contributed by atoms with Gasteiger partial charge in [-0.05, 0) is 29.3 Å². The minimum atomic E-state index is -0.782. The molecule has 7 heteroatoms. The maximum atomic E-state index is 12.0. The number of benzene rings is 2. The fourth-order valence-electron chi connectivity index (χ4n) is 2.20. The van der Waals surface area contributed by atoms with Gasteiger partial charge in [0.2, 0.25) is 5.91 Å². The van der Waals surface area contributed by atoms with Crippen molar-refractivity contribution in [3.05, 3.63) is 59.7 Å². The standard InChI is InChI=1S/C18H20N4O3/c1-12(23)21-15-6-3-7-16(9-15)22-18(25)17(24)20-11-14-5-2-4-13(8-14)10-19/h2-9H,10-11,19H2,1H3,(H,20,24)(H,21,23)(H,22,25). The molecule has 0 aliphatic heterocycles. The topological polar surface area (TPSA) is 113 Å². The van der Waals surface area contributed by atoms with Gasteiger partial charge in [-0.3, -0.25) is 14.4 Å². The summed E-state index contributed by atoms with van der Waals surface area (Å²) >= 11 is 0. The van der Waals surface area contributed by atoms with Crippen molar-refractivity contribution in [3.8, 4) is 0 Å². The molecule has 0 heterocycles. The van der Waals surface area contributed by atoms with E-state index in [4.69, 9.17) is 5.73 Å². The summed E-state index contributed by atoms with van der Waals surface area (Å²) in [5.41, 5.74) is 8.33. The van der Waals surface area contributed by atoms with E-state index in [-0.39, 0.29) is 12.5 Å². The Balaban J connectivity index is 1.91. The largest absolute Gasteiger partial charge is 0.344 e. The molecule has 7 nitrogen and oxygen atoms in total. The second-order valence-corrected chi connectivity index (χ2v) is 5.42. The maximum absolute atomic E-state index is 12.0. The van der Waals surface area contributed by atoms with E-state index in [1.165, 1.54) is 6.92 Å². The summed E-state index contributed by atoms with van der Waals surface area (Å²) < 4.78 is 0. The molecule has 130 valence electrons. The molecule has 0 bridgehead atoms. The number of amides is 3. The molecule has 0 spiro atoms. The van der Waals surface area contributed by atoms with Crippen molar-refractivity contribution in [2.24, 2.45) is 5.73 Å². The van der Waals surface area contributed by atoms with Crippen molar-refractivity contribution in [3.63, 3.8) is 0 Å². The molecular weight excluding hydrogens is 320 g/mol. The van der Waals surface area contributed by atoms with E-state index in [1.807, 2.05) is 24.3 Å². The van der Waals surface area contributed by atoms with E-state index in [9.17, 15) is 14.4 Å². The Hall–Kier alpha value is -3.19. The molecule has 0 saturated carbocycles. The molecule has 0 radical (unpaired) electrons. The quantitative estimate of drug-likeness (QED) is 0.615. The molecule has 0 saturated heterocycles. The van der Waals surface area contributed by atoms with Gasteiger partial charge in [0.05, 0.1) is 0 Å². The first kappa shape index (κ1) is 18.2. The Bertz CT molecular complexity index is 789. The highest BCUT2D eigenvalue weighted by molar-refractivity contribution is 6.39. The molecule has 0 unspecified atom stereocenters. The van der Waals surface area contributed by atoms with Crippen LogP contribution in [-0.2, 0) is 27.5 Å². The molecule has 0 aromatic heterocycles. The molecule has 3 amide bonds. The molecule has 0 fully saturated rings. The monoisotopic (exact) mass is 340 g/mol. The second kappa shape index (κ2) is 8.60. The Morgan fingerprint density at radius 2 is 1.52 bits per heavy atom. The third kappa shape index (κ3) is 5.74. The lowest BCUT2D eigenvalue weighted by Crippen LogP contribution is -2.35. The van der Waals surface area contributed by atoms with Gasteiger partial charge in [0.25, 0.3) is 0 Å². The molecule has 25 heavy (non-hydrogen) atoms. The van der Waals surface area contributed by atoms with Gasteiger partial charge in [-0.15, -0.1) is 0 Å². The lowest BCUT2D eigenvalue weighted by Gasteiger charge is -2.09. The molecule has 2 aromatic rings. The zero-order valence-corrected chi connectivity index (χ0v) is 13.8. The fourth-order valence-corrected chi connectivity index (χ4v) is 2.20. The van der Waals surface area contributed by atoms with E-state index < -0.39 is 11.8 Å². The van der Waals surface area contributed by atoms with Gasteiger partial charge in [-0.25, -0.2) is 0 Å². The average Bonchev–Trinajstić information content (AvgIpc) is 2.59. The van der Waals surface area contributed by atoms with Crippen LogP contribution in [0.15, 0.2) is 48.5 Å². The molecule has 2 rings (SSSR count). The highest BCUT2D eigenvalue weighted by atomic mass is 16.2.